The van der Waals surface area contributed by atoms with E-state index in [1.54, 1.807) is 19.1 Å². The molecule has 7 nitrogen and oxygen atoms in total. The van der Waals surface area contributed by atoms with Crippen molar-refractivity contribution < 1.29 is 19.1 Å². The van der Waals surface area contributed by atoms with Crippen LogP contribution < -0.4 is 10.6 Å². The second-order valence-electron chi connectivity index (χ2n) is 7.07. The highest BCUT2D eigenvalue weighted by atomic mass is 16.5. The first-order valence-corrected chi connectivity index (χ1v) is 8.78. The number of esters is 1. The Balaban J connectivity index is 2.56. The van der Waals surface area contributed by atoms with Gasteiger partial charge in [0.15, 0.2) is 6.10 Å². The molecule has 0 saturated carbocycles. The zero-order valence-corrected chi connectivity index (χ0v) is 16.7. The van der Waals surface area contributed by atoms with E-state index in [4.69, 9.17) is 4.74 Å². The van der Waals surface area contributed by atoms with Crippen molar-refractivity contribution >= 4 is 17.8 Å². The van der Waals surface area contributed by atoms with E-state index < -0.39 is 29.4 Å². The highest BCUT2D eigenvalue weighted by Crippen LogP contribution is 2.15. The third kappa shape index (κ3) is 6.10. The molecule has 1 rings (SSSR count). The summed E-state index contributed by atoms with van der Waals surface area (Å²) in [5, 5.41) is 14.3. The fourth-order valence-electron chi connectivity index (χ4n) is 2.09. The quantitative estimate of drug-likeness (QED) is 0.711. The maximum Gasteiger partial charge on any atom is 0.326 e. The Labute approximate surface area is 160 Å². The van der Waals surface area contributed by atoms with Gasteiger partial charge in [0.25, 0.3) is 11.8 Å². The smallest absolute Gasteiger partial charge is 0.326 e. The fraction of sp³-hybridized carbons (Fsp3) is 0.500. The van der Waals surface area contributed by atoms with E-state index in [0.717, 1.165) is 11.1 Å². The van der Waals surface area contributed by atoms with E-state index in [2.05, 4.69) is 16.7 Å². The van der Waals surface area contributed by atoms with E-state index in [1.807, 2.05) is 33.8 Å². The summed E-state index contributed by atoms with van der Waals surface area (Å²) in [4.78, 5) is 36.2. The first-order chi connectivity index (χ1) is 12.5. The van der Waals surface area contributed by atoms with E-state index in [9.17, 15) is 19.6 Å². The van der Waals surface area contributed by atoms with Gasteiger partial charge in [-0.3, -0.25) is 14.4 Å². The van der Waals surface area contributed by atoms with Gasteiger partial charge in [-0.05, 0) is 56.9 Å². The van der Waals surface area contributed by atoms with Crippen LogP contribution in [0.15, 0.2) is 18.2 Å². The number of nitriles is 1. The number of hydrogen-bond acceptors (Lipinski definition) is 5. The van der Waals surface area contributed by atoms with Gasteiger partial charge < -0.3 is 15.4 Å². The molecule has 1 aromatic carbocycles. The number of benzene rings is 1. The molecule has 1 aromatic rings. The van der Waals surface area contributed by atoms with Gasteiger partial charge in [-0.25, -0.2) is 0 Å². The number of ether oxygens (including phenoxy) is 1. The van der Waals surface area contributed by atoms with Crippen LogP contribution in [0.4, 0.5) is 0 Å². The van der Waals surface area contributed by atoms with Crippen molar-refractivity contribution in [3.05, 3.63) is 34.9 Å². The molecule has 7 heteroatoms. The van der Waals surface area contributed by atoms with E-state index in [-0.39, 0.29) is 12.5 Å². The lowest BCUT2D eigenvalue weighted by Gasteiger charge is -2.28. The number of carbonyl (C=O) groups is 3. The summed E-state index contributed by atoms with van der Waals surface area (Å²) in [6.07, 6.45) is -1.08. The Bertz CT molecular complexity index is 767. The zero-order valence-electron chi connectivity index (χ0n) is 16.7. The summed E-state index contributed by atoms with van der Waals surface area (Å²) >= 11 is 0. The normalized spacial score (nSPS) is 13.9. The molecule has 0 heterocycles. The average molecular weight is 373 g/mol. The minimum absolute atomic E-state index is 0.119. The Morgan fingerprint density at radius 3 is 2.33 bits per heavy atom. The molecule has 0 fully saturated rings. The van der Waals surface area contributed by atoms with Crippen molar-refractivity contribution in [2.24, 2.45) is 5.92 Å². The van der Waals surface area contributed by atoms with Crippen molar-refractivity contribution in [3.63, 3.8) is 0 Å². The van der Waals surface area contributed by atoms with Crippen LogP contribution in [0.1, 0.15) is 49.2 Å². The van der Waals surface area contributed by atoms with Crippen molar-refractivity contribution in [3.8, 4) is 6.07 Å². The van der Waals surface area contributed by atoms with Crippen LogP contribution >= 0.6 is 0 Å². The molecule has 0 bridgehead atoms. The average Bonchev–Trinajstić information content (AvgIpc) is 2.61. The second-order valence-corrected chi connectivity index (χ2v) is 7.07. The maximum atomic E-state index is 12.2. The van der Waals surface area contributed by atoms with Crippen LogP contribution in [-0.4, -0.2) is 36.0 Å². The number of rotatable bonds is 7. The maximum absolute atomic E-state index is 12.2. The number of aryl methyl sites for hydroxylation is 2. The highest BCUT2D eigenvalue weighted by molar-refractivity contribution is 5.96. The Morgan fingerprint density at radius 2 is 1.81 bits per heavy atom. The lowest BCUT2D eigenvalue weighted by Crippen LogP contribution is -2.52. The first kappa shape index (κ1) is 22.2. The lowest BCUT2D eigenvalue weighted by atomic mass is 9.90. The molecule has 2 amide bonds. The summed E-state index contributed by atoms with van der Waals surface area (Å²) in [5.41, 5.74) is 1.42. The topological polar surface area (TPSA) is 108 Å². The van der Waals surface area contributed by atoms with Crippen LogP contribution in [0.2, 0.25) is 0 Å². The minimum Gasteiger partial charge on any atom is -0.451 e. The summed E-state index contributed by atoms with van der Waals surface area (Å²) in [6.45, 7) is 10.1. The molecule has 27 heavy (non-hydrogen) atoms. The third-order valence-corrected chi connectivity index (χ3v) is 4.61. The molecular weight excluding hydrogens is 346 g/mol. The molecule has 2 N–H and O–H groups in total. The molecule has 146 valence electrons. The van der Waals surface area contributed by atoms with Crippen LogP contribution in [0, 0.1) is 31.1 Å². The standard InChI is InChI=1S/C20H27N3O4/c1-12(2)20(6,11-21)23-18(25)15(5)27-17(24)10-22-19(26)16-8-7-13(3)14(4)9-16/h7-9,12,15H,10H2,1-6H3,(H,22,26)(H,23,25)/t15-,20+/m1/s1. The molecule has 0 aliphatic carbocycles. The van der Waals surface area contributed by atoms with Gasteiger partial charge in [0.1, 0.15) is 12.1 Å². The monoisotopic (exact) mass is 373 g/mol. The Kier molecular flexibility index (Phi) is 7.53. The largest absolute Gasteiger partial charge is 0.451 e. The van der Waals surface area contributed by atoms with Crippen LogP contribution in [-0.2, 0) is 14.3 Å². The van der Waals surface area contributed by atoms with Crippen molar-refractivity contribution in [1.82, 2.24) is 10.6 Å². The molecule has 0 aliphatic heterocycles. The van der Waals surface area contributed by atoms with Gasteiger partial charge in [-0.2, -0.15) is 5.26 Å². The molecule has 0 aromatic heterocycles. The first-order valence-electron chi connectivity index (χ1n) is 8.78. The number of carbonyl (C=O) groups excluding carboxylic acids is 3. The molecule has 2 atom stereocenters. The molecular formula is C20H27N3O4. The summed E-state index contributed by atoms with van der Waals surface area (Å²) < 4.78 is 5.04. The van der Waals surface area contributed by atoms with Crippen molar-refractivity contribution in [2.75, 3.05) is 6.54 Å². The van der Waals surface area contributed by atoms with E-state index in [0.29, 0.717) is 5.56 Å². The van der Waals surface area contributed by atoms with Gasteiger partial charge >= 0.3 is 5.97 Å². The van der Waals surface area contributed by atoms with Crippen molar-refractivity contribution in [2.45, 2.75) is 53.2 Å². The predicted molar refractivity (Wildman–Crippen MR) is 101 cm³/mol. The number of amides is 2. The van der Waals surface area contributed by atoms with Crippen LogP contribution in [0.3, 0.4) is 0 Å². The SMILES string of the molecule is Cc1ccc(C(=O)NCC(=O)O[C@H](C)C(=O)N[C@@](C)(C#N)C(C)C)cc1C. The molecule has 0 saturated heterocycles. The van der Waals surface area contributed by atoms with E-state index in [1.165, 1.54) is 6.92 Å². The van der Waals surface area contributed by atoms with Gasteiger partial charge in [0.05, 0.1) is 6.07 Å². The summed E-state index contributed by atoms with van der Waals surface area (Å²) in [6, 6.07) is 7.29. The summed E-state index contributed by atoms with van der Waals surface area (Å²) in [5.74, 6) is -1.82. The van der Waals surface area contributed by atoms with Gasteiger partial charge in [-0.1, -0.05) is 19.9 Å². The molecule has 0 radical (unpaired) electrons. The highest BCUT2D eigenvalue weighted by Gasteiger charge is 2.32. The summed E-state index contributed by atoms with van der Waals surface area (Å²) in [7, 11) is 0. The van der Waals surface area contributed by atoms with Crippen LogP contribution in [0.25, 0.3) is 0 Å². The van der Waals surface area contributed by atoms with Crippen LogP contribution in [0.5, 0.6) is 0 Å². The second kappa shape index (κ2) is 9.17. The van der Waals surface area contributed by atoms with Crippen molar-refractivity contribution in [1.29, 1.82) is 5.26 Å². The van der Waals surface area contributed by atoms with Gasteiger partial charge in [0, 0.05) is 5.56 Å². The fourth-order valence-corrected chi connectivity index (χ4v) is 2.09. The van der Waals surface area contributed by atoms with Gasteiger partial charge in [-0.15, -0.1) is 0 Å². The third-order valence-electron chi connectivity index (χ3n) is 4.61. The number of hydrogen-bond donors (Lipinski definition) is 2. The van der Waals surface area contributed by atoms with Gasteiger partial charge in [0.2, 0.25) is 0 Å². The lowest BCUT2D eigenvalue weighted by molar-refractivity contribution is -0.154. The molecule has 0 aliphatic rings. The zero-order chi connectivity index (χ0) is 20.8. The number of nitrogens with zero attached hydrogens (tertiary/aromatic N) is 1. The number of nitrogens with one attached hydrogen (secondary N) is 2. The molecule has 0 spiro atoms. The van der Waals surface area contributed by atoms with E-state index >= 15 is 0 Å². The Morgan fingerprint density at radius 1 is 1.19 bits per heavy atom. The molecule has 0 unspecified atom stereocenters. The Hall–Kier alpha value is -2.88. The minimum atomic E-state index is -1.08. The predicted octanol–water partition coefficient (Wildman–Crippen LogP) is 2.02.